The van der Waals surface area contributed by atoms with Gasteiger partial charge in [0.25, 0.3) is 0 Å². The number of aromatic nitrogens is 3. The predicted molar refractivity (Wildman–Crippen MR) is 109 cm³/mol. The second kappa shape index (κ2) is 8.54. The summed E-state index contributed by atoms with van der Waals surface area (Å²) in [6.45, 7) is 4.17. The summed E-state index contributed by atoms with van der Waals surface area (Å²) in [5.41, 5.74) is 0.998. The van der Waals surface area contributed by atoms with Gasteiger partial charge < -0.3 is 19.7 Å². The Morgan fingerprint density at radius 3 is 2.55 bits per heavy atom. The van der Waals surface area contributed by atoms with Gasteiger partial charge in [0, 0.05) is 32.7 Å². The second-order valence-electron chi connectivity index (χ2n) is 6.86. The summed E-state index contributed by atoms with van der Waals surface area (Å²) in [4.78, 5) is 10.3. The van der Waals surface area contributed by atoms with Gasteiger partial charge in [-0.2, -0.15) is 9.61 Å². The molecule has 0 saturated carbocycles. The molecule has 1 fully saturated rings. The summed E-state index contributed by atoms with van der Waals surface area (Å²) in [7, 11) is 3.23. The molecule has 2 aromatic heterocycles. The zero-order valence-corrected chi connectivity index (χ0v) is 17.3. The van der Waals surface area contributed by atoms with Gasteiger partial charge in [-0.3, -0.25) is 9.80 Å². The maximum absolute atomic E-state index is 10.8. The molecule has 1 saturated heterocycles. The molecule has 0 radical (unpaired) electrons. The van der Waals surface area contributed by atoms with Crippen LogP contribution in [0.1, 0.15) is 16.5 Å². The van der Waals surface area contributed by atoms with E-state index in [0.29, 0.717) is 23.0 Å². The van der Waals surface area contributed by atoms with Crippen LogP contribution < -0.4 is 9.47 Å². The van der Waals surface area contributed by atoms with Crippen LogP contribution in [0.5, 0.6) is 17.4 Å². The number of nitrogens with zero attached hydrogens (tertiary/aromatic N) is 5. The fourth-order valence-electron chi connectivity index (χ4n) is 3.81. The number of aliphatic hydroxyl groups is 1. The number of β-amino-alcohol motifs (C(OH)–C–C–N with tert-alkyl or cyclic N) is 1. The van der Waals surface area contributed by atoms with Gasteiger partial charge in [-0.1, -0.05) is 17.4 Å². The summed E-state index contributed by atoms with van der Waals surface area (Å²) in [5, 5.41) is 24.2. The average Bonchev–Trinajstić information content (AvgIpc) is 3.33. The van der Waals surface area contributed by atoms with E-state index in [9.17, 15) is 10.2 Å². The molecule has 1 atom stereocenters. The van der Waals surface area contributed by atoms with Crippen LogP contribution in [0, 0.1) is 0 Å². The Bertz CT molecular complexity index is 967. The quantitative estimate of drug-likeness (QED) is 0.590. The highest BCUT2D eigenvalue weighted by molar-refractivity contribution is 7.17. The van der Waals surface area contributed by atoms with Gasteiger partial charge in [-0.05, 0) is 17.7 Å². The summed E-state index contributed by atoms with van der Waals surface area (Å²) >= 11 is 1.43. The van der Waals surface area contributed by atoms with Gasteiger partial charge in [0.05, 0.1) is 31.7 Å². The molecule has 0 aliphatic carbocycles. The molecule has 0 unspecified atom stereocenters. The van der Waals surface area contributed by atoms with Gasteiger partial charge in [0.15, 0.2) is 11.5 Å². The number of piperazine rings is 1. The molecular formula is C19H25N5O4S. The fourth-order valence-corrected chi connectivity index (χ4v) is 4.90. The van der Waals surface area contributed by atoms with Gasteiger partial charge in [-0.15, -0.1) is 0 Å². The first-order valence-electron chi connectivity index (χ1n) is 9.46. The molecule has 10 heteroatoms. The highest BCUT2D eigenvalue weighted by atomic mass is 32.1. The van der Waals surface area contributed by atoms with E-state index in [2.05, 4.69) is 19.9 Å². The Morgan fingerprint density at radius 2 is 1.90 bits per heavy atom. The standard InChI is InChI=1S/C19H25N5O4S/c1-27-14-4-3-13(11-15(14)28-2)16(23-7-5-22(6-8-23)9-10-25)17-18(26)24-19(29-17)20-12-21-24/h3-4,11-12,16,25-26H,5-10H2,1-2H3/t16-/m0/s1. The molecule has 1 aliphatic heterocycles. The number of ether oxygens (including phenoxy) is 2. The van der Waals surface area contributed by atoms with Crippen molar-refractivity contribution in [3.05, 3.63) is 35.0 Å². The van der Waals surface area contributed by atoms with E-state index in [0.717, 1.165) is 36.6 Å². The molecule has 9 nitrogen and oxygen atoms in total. The van der Waals surface area contributed by atoms with E-state index in [-0.39, 0.29) is 18.5 Å². The Labute approximate surface area is 172 Å². The SMILES string of the molecule is COc1ccc([C@@H](c2sc3ncnn3c2O)N2CCN(CCO)CC2)cc1OC. The number of methoxy groups -OCH3 is 2. The van der Waals surface area contributed by atoms with Gasteiger partial charge in [-0.25, -0.2) is 4.98 Å². The van der Waals surface area contributed by atoms with Crippen LogP contribution >= 0.6 is 11.3 Å². The first-order chi connectivity index (χ1) is 14.2. The summed E-state index contributed by atoms with van der Waals surface area (Å²) in [6, 6.07) is 5.68. The zero-order valence-electron chi connectivity index (χ0n) is 16.5. The topological polar surface area (TPSA) is 95.6 Å². The van der Waals surface area contributed by atoms with Crippen molar-refractivity contribution in [3.63, 3.8) is 0 Å². The van der Waals surface area contributed by atoms with E-state index in [1.165, 1.54) is 22.2 Å². The molecule has 3 aromatic rings. The van der Waals surface area contributed by atoms with Crippen LogP contribution in [-0.2, 0) is 0 Å². The van der Waals surface area contributed by atoms with E-state index in [4.69, 9.17) is 9.47 Å². The number of hydrogen-bond donors (Lipinski definition) is 2. The number of rotatable bonds is 7. The summed E-state index contributed by atoms with van der Waals surface area (Å²) < 4.78 is 12.4. The van der Waals surface area contributed by atoms with Gasteiger partial charge in [0.2, 0.25) is 10.8 Å². The monoisotopic (exact) mass is 419 g/mol. The highest BCUT2D eigenvalue weighted by Gasteiger charge is 2.32. The van der Waals surface area contributed by atoms with Crippen molar-refractivity contribution in [3.8, 4) is 17.4 Å². The minimum Gasteiger partial charge on any atom is -0.493 e. The third-order valence-electron chi connectivity index (χ3n) is 5.30. The minimum atomic E-state index is -0.167. The van der Waals surface area contributed by atoms with Crippen LogP contribution in [0.2, 0.25) is 0 Å². The largest absolute Gasteiger partial charge is 0.493 e. The summed E-state index contributed by atoms with van der Waals surface area (Å²) in [6.07, 6.45) is 1.44. The smallest absolute Gasteiger partial charge is 0.230 e. The Kier molecular flexibility index (Phi) is 5.86. The Morgan fingerprint density at radius 1 is 1.14 bits per heavy atom. The van der Waals surface area contributed by atoms with Crippen LogP contribution in [0.4, 0.5) is 0 Å². The van der Waals surface area contributed by atoms with Crippen molar-refractivity contribution in [2.45, 2.75) is 6.04 Å². The lowest BCUT2D eigenvalue weighted by molar-refractivity contribution is 0.0944. The number of aromatic hydroxyl groups is 1. The van der Waals surface area contributed by atoms with E-state index in [1.54, 1.807) is 14.2 Å². The van der Waals surface area contributed by atoms with Crippen molar-refractivity contribution in [2.24, 2.45) is 0 Å². The molecule has 4 rings (SSSR count). The molecular weight excluding hydrogens is 394 g/mol. The molecule has 3 heterocycles. The molecule has 0 spiro atoms. The van der Waals surface area contributed by atoms with Crippen LogP contribution in [0.15, 0.2) is 24.5 Å². The summed E-state index contributed by atoms with van der Waals surface area (Å²) in [5.74, 6) is 1.42. The highest BCUT2D eigenvalue weighted by Crippen LogP contribution is 2.42. The maximum Gasteiger partial charge on any atom is 0.230 e. The molecule has 0 bridgehead atoms. The van der Waals surface area contributed by atoms with Crippen molar-refractivity contribution in [1.82, 2.24) is 24.4 Å². The second-order valence-corrected chi connectivity index (χ2v) is 7.87. The normalized spacial score (nSPS) is 16.9. The molecule has 2 N–H and O–H groups in total. The minimum absolute atomic E-state index is 0.111. The molecule has 0 amide bonds. The number of thiazole rings is 1. The Balaban J connectivity index is 1.73. The fraction of sp³-hybridized carbons (Fsp3) is 0.474. The first-order valence-corrected chi connectivity index (χ1v) is 10.3. The molecule has 1 aliphatic rings. The molecule has 1 aromatic carbocycles. The number of aliphatic hydroxyl groups excluding tert-OH is 1. The average molecular weight is 420 g/mol. The molecule has 29 heavy (non-hydrogen) atoms. The zero-order chi connectivity index (χ0) is 20.4. The number of hydrogen-bond acceptors (Lipinski definition) is 9. The van der Waals surface area contributed by atoms with Crippen molar-refractivity contribution in [2.75, 3.05) is 53.6 Å². The Hall–Kier alpha value is -2.40. The molecule has 156 valence electrons. The van der Waals surface area contributed by atoms with Crippen molar-refractivity contribution < 1.29 is 19.7 Å². The van der Waals surface area contributed by atoms with E-state index < -0.39 is 0 Å². The lowest BCUT2D eigenvalue weighted by Crippen LogP contribution is -2.48. The first kappa shape index (κ1) is 19.9. The van der Waals surface area contributed by atoms with Gasteiger partial charge in [0.1, 0.15) is 6.33 Å². The third-order valence-corrected chi connectivity index (χ3v) is 6.39. The van der Waals surface area contributed by atoms with E-state index >= 15 is 0 Å². The predicted octanol–water partition coefficient (Wildman–Crippen LogP) is 1.21. The van der Waals surface area contributed by atoms with Crippen molar-refractivity contribution in [1.29, 1.82) is 0 Å². The number of fused-ring (bicyclic) bond motifs is 1. The van der Waals surface area contributed by atoms with Crippen LogP contribution in [-0.4, -0.2) is 88.2 Å². The van der Waals surface area contributed by atoms with Gasteiger partial charge >= 0.3 is 0 Å². The van der Waals surface area contributed by atoms with Crippen LogP contribution in [0.25, 0.3) is 4.96 Å². The van der Waals surface area contributed by atoms with Crippen LogP contribution in [0.3, 0.4) is 0 Å². The lowest BCUT2D eigenvalue weighted by Gasteiger charge is -2.39. The maximum atomic E-state index is 10.8. The lowest BCUT2D eigenvalue weighted by atomic mass is 10.0. The number of benzene rings is 1. The third kappa shape index (κ3) is 3.76. The van der Waals surface area contributed by atoms with Crippen molar-refractivity contribution >= 4 is 16.3 Å². The van der Waals surface area contributed by atoms with E-state index in [1.807, 2.05) is 18.2 Å².